The van der Waals surface area contributed by atoms with Crippen molar-refractivity contribution < 1.29 is 0 Å². The summed E-state index contributed by atoms with van der Waals surface area (Å²) in [7, 11) is 0. The summed E-state index contributed by atoms with van der Waals surface area (Å²) < 4.78 is 1.70. The Morgan fingerprint density at radius 1 is 1.50 bits per heavy atom. The van der Waals surface area contributed by atoms with Crippen LogP contribution in [0.15, 0.2) is 24.9 Å². The van der Waals surface area contributed by atoms with E-state index >= 15 is 0 Å². The fraction of sp³-hybridized carbons (Fsp3) is 0.222. The first-order chi connectivity index (χ1) is 7.88. The summed E-state index contributed by atoms with van der Waals surface area (Å²) in [5.74, 6) is 0.444. The summed E-state index contributed by atoms with van der Waals surface area (Å²) in [4.78, 5) is 11.8. The predicted molar refractivity (Wildman–Crippen MR) is 55.3 cm³/mol. The van der Waals surface area contributed by atoms with Crippen molar-refractivity contribution in [3.8, 4) is 6.07 Å². The largest absolute Gasteiger partial charge is 0.352 e. The number of hydrogen-bond acceptors (Lipinski definition) is 6. The summed E-state index contributed by atoms with van der Waals surface area (Å²) in [6.45, 7) is 1.29. The Hall–Kier alpha value is -2.49. The lowest BCUT2D eigenvalue weighted by molar-refractivity contribution is 0.634. The minimum atomic E-state index is 0.346. The van der Waals surface area contributed by atoms with E-state index in [-0.39, 0.29) is 0 Å². The molecule has 80 valence electrons. The van der Waals surface area contributed by atoms with Crippen molar-refractivity contribution in [3.63, 3.8) is 0 Å². The second-order valence-electron chi connectivity index (χ2n) is 2.96. The number of nitrogens with one attached hydrogen (secondary N) is 1. The molecule has 0 unspecified atom stereocenters. The second kappa shape index (κ2) is 4.84. The normalized spacial score (nSPS) is 9.69. The number of aromatic nitrogens is 5. The highest BCUT2D eigenvalue weighted by atomic mass is 15.3. The predicted octanol–water partition coefficient (Wildman–Crippen LogP) is 0.0519. The van der Waals surface area contributed by atoms with E-state index in [4.69, 9.17) is 5.26 Å². The molecule has 2 aromatic heterocycles. The Bertz CT molecular complexity index is 485. The lowest BCUT2D eigenvalue weighted by atomic mass is 10.4. The van der Waals surface area contributed by atoms with Gasteiger partial charge in [0.2, 0.25) is 5.95 Å². The number of nitriles is 1. The molecule has 0 radical (unpaired) electrons. The zero-order valence-electron chi connectivity index (χ0n) is 8.41. The van der Waals surface area contributed by atoms with Crippen molar-refractivity contribution in [2.45, 2.75) is 6.54 Å². The average Bonchev–Trinajstić information content (AvgIpc) is 2.82. The molecule has 0 fully saturated rings. The van der Waals surface area contributed by atoms with Crippen molar-refractivity contribution in [1.82, 2.24) is 24.7 Å². The molecular weight excluding hydrogens is 206 g/mol. The van der Waals surface area contributed by atoms with Gasteiger partial charge in [-0.05, 0) is 6.07 Å². The maximum atomic E-state index is 8.65. The smallest absolute Gasteiger partial charge is 0.223 e. The minimum absolute atomic E-state index is 0.346. The molecule has 16 heavy (non-hydrogen) atoms. The Labute approximate surface area is 91.8 Å². The van der Waals surface area contributed by atoms with E-state index in [0.29, 0.717) is 24.7 Å². The number of anilines is 1. The molecule has 0 aliphatic rings. The van der Waals surface area contributed by atoms with Crippen LogP contribution in [0.5, 0.6) is 0 Å². The van der Waals surface area contributed by atoms with Gasteiger partial charge in [0, 0.05) is 12.7 Å². The maximum absolute atomic E-state index is 8.65. The van der Waals surface area contributed by atoms with Gasteiger partial charge in [-0.3, -0.25) is 4.68 Å². The molecule has 1 N–H and O–H groups in total. The van der Waals surface area contributed by atoms with Crippen LogP contribution in [-0.2, 0) is 6.54 Å². The Balaban J connectivity index is 1.88. The summed E-state index contributed by atoms with van der Waals surface area (Å²) in [6, 6.07) is 3.51. The van der Waals surface area contributed by atoms with E-state index in [9.17, 15) is 0 Å². The molecule has 0 aliphatic carbocycles. The first kappa shape index (κ1) is 10.0. The fourth-order valence-corrected chi connectivity index (χ4v) is 1.14. The van der Waals surface area contributed by atoms with E-state index in [1.165, 1.54) is 6.33 Å². The van der Waals surface area contributed by atoms with Crippen LogP contribution in [0.1, 0.15) is 5.69 Å². The van der Waals surface area contributed by atoms with Crippen LogP contribution < -0.4 is 5.32 Å². The topological polar surface area (TPSA) is 92.3 Å². The van der Waals surface area contributed by atoms with Gasteiger partial charge >= 0.3 is 0 Å². The van der Waals surface area contributed by atoms with Crippen molar-refractivity contribution in [1.29, 1.82) is 5.26 Å². The summed E-state index contributed by atoms with van der Waals surface area (Å²) >= 11 is 0. The first-order valence-corrected chi connectivity index (χ1v) is 4.68. The number of nitrogens with zero attached hydrogens (tertiary/aromatic N) is 6. The quantitative estimate of drug-likeness (QED) is 0.774. The van der Waals surface area contributed by atoms with Gasteiger partial charge in [0.25, 0.3) is 0 Å². The first-order valence-electron chi connectivity index (χ1n) is 4.68. The van der Waals surface area contributed by atoms with Gasteiger partial charge in [0.15, 0.2) is 0 Å². The Kier molecular flexibility index (Phi) is 3.04. The molecule has 0 atom stereocenters. The van der Waals surface area contributed by atoms with Crippen LogP contribution in [0.3, 0.4) is 0 Å². The molecule has 7 nitrogen and oxygen atoms in total. The van der Waals surface area contributed by atoms with Gasteiger partial charge in [-0.25, -0.2) is 15.0 Å². The summed E-state index contributed by atoms with van der Waals surface area (Å²) in [6.07, 6.45) is 4.66. The summed E-state index contributed by atoms with van der Waals surface area (Å²) in [5.41, 5.74) is 0.346. The van der Waals surface area contributed by atoms with Crippen LogP contribution in [-0.4, -0.2) is 31.3 Å². The standard InChI is InChI=1S/C9H9N7/c10-5-8-1-2-12-9(15-8)13-3-4-16-7-11-6-14-16/h1-2,6-7H,3-4H2,(H,12,13,15). The third-order valence-corrected chi connectivity index (χ3v) is 1.86. The maximum Gasteiger partial charge on any atom is 0.223 e. The lowest BCUT2D eigenvalue weighted by Crippen LogP contribution is -2.12. The molecule has 0 bridgehead atoms. The van der Waals surface area contributed by atoms with Gasteiger partial charge in [-0.15, -0.1) is 0 Å². The molecule has 0 aromatic carbocycles. The van der Waals surface area contributed by atoms with Crippen LogP contribution in [0.2, 0.25) is 0 Å². The highest BCUT2D eigenvalue weighted by molar-refractivity contribution is 5.29. The van der Waals surface area contributed by atoms with E-state index in [2.05, 4.69) is 25.4 Å². The van der Waals surface area contributed by atoms with E-state index in [0.717, 1.165) is 0 Å². The van der Waals surface area contributed by atoms with Crippen LogP contribution in [0, 0.1) is 11.3 Å². The van der Waals surface area contributed by atoms with Gasteiger partial charge < -0.3 is 5.32 Å². The third-order valence-electron chi connectivity index (χ3n) is 1.86. The van der Waals surface area contributed by atoms with E-state index in [1.807, 2.05) is 6.07 Å². The van der Waals surface area contributed by atoms with E-state index in [1.54, 1.807) is 23.3 Å². The molecule has 0 saturated heterocycles. The van der Waals surface area contributed by atoms with Gasteiger partial charge in [-0.1, -0.05) is 0 Å². The van der Waals surface area contributed by atoms with Crippen molar-refractivity contribution in [2.24, 2.45) is 0 Å². The van der Waals surface area contributed by atoms with Gasteiger partial charge in [-0.2, -0.15) is 10.4 Å². The molecule has 0 amide bonds. The molecule has 2 heterocycles. The fourth-order valence-electron chi connectivity index (χ4n) is 1.14. The molecule has 2 rings (SSSR count). The Morgan fingerprint density at radius 3 is 3.19 bits per heavy atom. The van der Waals surface area contributed by atoms with Gasteiger partial charge in [0.1, 0.15) is 24.4 Å². The number of rotatable bonds is 4. The van der Waals surface area contributed by atoms with Crippen molar-refractivity contribution in [2.75, 3.05) is 11.9 Å². The monoisotopic (exact) mass is 215 g/mol. The van der Waals surface area contributed by atoms with Crippen molar-refractivity contribution >= 4 is 5.95 Å². The highest BCUT2D eigenvalue weighted by Gasteiger charge is 1.97. The summed E-state index contributed by atoms with van der Waals surface area (Å²) in [5, 5.41) is 15.6. The molecule has 0 spiro atoms. The molecular formula is C9H9N7. The third kappa shape index (κ3) is 2.51. The van der Waals surface area contributed by atoms with Crippen molar-refractivity contribution in [3.05, 3.63) is 30.6 Å². The zero-order valence-corrected chi connectivity index (χ0v) is 8.41. The second-order valence-corrected chi connectivity index (χ2v) is 2.96. The lowest BCUT2D eigenvalue weighted by Gasteiger charge is -2.03. The van der Waals surface area contributed by atoms with Crippen LogP contribution >= 0.6 is 0 Å². The molecule has 7 heteroatoms. The average molecular weight is 215 g/mol. The molecule has 2 aromatic rings. The van der Waals surface area contributed by atoms with Gasteiger partial charge in [0.05, 0.1) is 6.54 Å². The molecule has 0 aliphatic heterocycles. The van der Waals surface area contributed by atoms with E-state index < -0.39 is 0 Å². The Morgan fingerprint density at radius 2 is 2.44 bits per heavy atom. The number of hydrogen-bond donors (Lipinski definition) is 1. The van der Waals surface area contributed by atoms with Crippen LogP contribution in [0.4, 0.5) is 5.95 Å². The minimum Gasteiger partial charge on any atom is -0.352 e. The molecule has 0 saturated carbocycles. The SMILES string of the molecule is N#Cc1ccnc(NCCn2cncn2)n1. The van der Waals surface area contributed by atoms with Crippen LogP contribution in [0.25, 0.3) is 0 Å². The highest BCUT2D eigenvalue weighted by Crippen LogP contribution is 1.98. The zero-order chi connectivity index (χ0) is 11.2.